The number of halogens is 1. The van der Waals surface area contributed by atoms with Gasteiger partial charge in [-0.2, -0.15) is 0 Å². The summed E-state index contributed by atoms with van der Waals surface area (Å²) in [5, 5.41) is 0.794. The Morgan fingerprint density at radius 2 is 2.25 bits per heavy atom. The molecule has 4 nitrogen and oxygen atoms in total. The number of aromatic nitrogens is 2. The molecule has 1 aliphatic rings. The van der Waals surface area contributed by atoms with Crippen LogP contribution in [-0.4, -0.2) is 36.3 Å². The molecular weight excluding hydrogens is 270 g/mol. The molecule has 0 bridgehead atoms. The Bertz CT molecular complexity index is 325. The van der Waals surface area contributed by atoms with E-state index in [-0.39, 0.29) is 0 Å². The third-order valence-corrected chi connectivity index (χ3v) is 3.34. The average molecular weight is 286 g/mol. The molecule has 5 heteroatoms. The normalized spacial score (nSPS) is 20.0. The Kier molecular flexibility index (Phi) is 4.12. The van der Waals surface area contributed by atoms with Crippen LogP contribution in [0.3, 0.4) is 0 Å². The van der Waals surface area contributed by atoms with E-state index in [4.69, 9.17) is 4.74 Å². The number of hydrogen-bond acceptors (Lipinski definition) is 4. The van der Waals surface area contributed by atoms with Gasteiger partial charge in [-0.3, -0.25) is 0 Å². The monoisotopic (exact) mass is 285 g/mol. The largest absolute Gasteiger partial charge is 0.376 e. The predicted octanol–water partition coefficient (Wildman–Crippen LogP) is 1.99. The van der Waals surface area contributed by atoms with Gasteiger partial charge in [-0.15, -0.1) is 0 Å². The van der Waals surface area contributed by atoms with Gasteiger partial charge >= 0.3 is 0 Å². The van der Waals surface area contributed by atoms with Crippen LogP contribution in [-0.2, 0) is 10.1 Å². The van der Waals surface area contributed by atoms with E-state index in [2.05, 4.69) is 25.9 Å². The van der Waals surface area contributed by atoms with E-state index in [9.17, 15) is 0 Å². The fraction of sp³-hybridized carbons (Fsp3) is 0.636. The zero-order chi connectivity index (χ0) is 11.4. The van der Waals surface area contributed by atoms with Gasteiger partial charge in [-0.25, -0.2) is 9.97 Å². The highest BCUT2D eigenvalue weighted by Gasteiger charge is 2.18. The zero-order valence-corrected chi connectivity index (χ0v) is 11.0. The summed E-state index contributed by atoms with van der Waals surface area (Å²) in [7, 11) is 2.00. The summed E-state index contributed by atoms with van der Waals surface area (Å²) in [6.45, 7) is 1.76. The van der Waals surface area contributed by atoms with Crippen molar-refractivity contribution in [3.05, 3.63) is 18.0 Å². The molecule has 0 aliphatic carbocycles. The predicted molar refractivity (Wildman–Crippen MR) is 66.9 cm³/mol. The van der Waals surface area contributed by atoms with Gasteiger partial charge in [0.15, 0.2) is 0 Å². The first-order valence-electron chi connectivity index (χ1n) is 5.49. The lowest BCUT2D eigenvalue weighted by Crippen LogP contribution is -2.29. The molecule has 1 fully saturated rings. The molecule has 0 radical (unpaired) electrons. The summed E-state index contributed by atoms with van der Waals surface area (Å²) in [4.78, 5) is 10.7. The number of ether oxygens (including phenoxy) is 1. The third-order valence-electron chi connectivity index (χ3n) is 2.69. The standard InChI is InChI=1S/C11H16BrN3O/c1-15(8-10-3-2-4-16-10)11-13-6-9(5-12)7-14-11/h6-7,10H,2-5,8H2,1H3. The Labute approximate surface area is 104 Å². The number of alkyl halides is 1. The maximum absolute atomic E-state index is 5.59. The van der Waals surface area contributed by atoms with Crippen LogP contribution < -0.4 is 4.90 Å². The van der Waals surface area contributed by atoms with Crippen molar-refractivity contribution < 1.29 is 4.74 Å². The minimum absolute atomic E-state index is 0.337. The van der Waals surface area contributed by atoms with E-state index in [1.807, 2.05) is 24.3 Å². The molecule has 88 valence electrons. The number of hydrogen-bond donors (Lipinski definition) is 0. The molecule has 1 saturated heterocycles. The van der Waals surface area contributed by atoms with Gasteiger partial charge in [-0.1, -0.05) is 15.9 Å². The van der Waals surface area contributed by atoms with Crippen LogP contribution in [0.2, 0.25) is 0 Å². The molecule has 1 aliphatic heterocycles. The van der Waals surface area contributed by atoms with Gasteiger partial charge in [0.1, 0.15) is 0 Å². The highest BCUT2D eigenvalue weighted by Crippen LogP contribution is 2.15. The second-order valence-corrected chi connectivity index (χ2v) is 4.60. The highest BCUT2D eigenvalue weighted by atomic mass is 79.9. The molecule has 2 rings (SSSR count). The number of nitrogens with zero attached hydrogens (tertiary/aromatic N) is 3. The van der Waals surface area contributed by atoms with Gasteiger partial charge in [-0.05, 0) is 18.4 Å². The van der Waals surface area contributed by atoms with Crippen molar-refractivity contribution in [2.24, 2.45) is 0 Å². The third kappa shape index (κ3) is 2.92. The molecule has 2 heterocycles. The maximum Gasteiger partial charge on any atom is 0.225 e. The second-order valence-electron chi connectivity index (χ2n) is 4.04. The summed E-state index contributed by atoms with van der Waals surface area (Å²) in [6, 6.07) is 0. The van der Waals surface area contributed by atoms with Gasteiger partial charge in [0.2, 0.25) is 5.95 Å². The molecular formula is C11H16BrN3O. The van der Waals surface area contributed by atoms with Crippen molar-refractivity contribution in [1.82, 2.24) is 9.97 Å². The quantitative estimate of drug-likeness (QED) is 0.793. The number of likely N-dealkylation sites (N-methyl/N-ethyl adjacent to an activating group) is 1. The highest BCUT2D eigenvalue weighted by molar-refractivity contribution is 9.08. The zero-order valence-electron chi connectivity index (χ0n) is 9.40. The first-order valence-corrected chi connectivity index (χ1v) is 6.61. The van der Waals surface area contributed by atoms with Crippen LogP contribution in [0.4, 0.5) is 5.95 Å². The average Bonchev–Trinajstić information content (AvgIpc) is 2.82. The first kappa shape index (κ1) is 11.8. The lowest BCUT2D eigenvalue weighted by atomic mass is 10.2. The first-order chi connectivity index (χ1) is 7.79. The summed E-state index contributed by atoms with van der Waals surface area (Å²) < 4.78 is 5.59. The lowest BCUT2D eigenvalue weighted by Gasteiger charge is -2.20. The molecule has 0 N–H and O–H groups in total. The minimum Gasteiger partial charge on any atom is -0.376 e. The van der Waals surface area contributed by atoms with Gasteiger partial charge in [0.05, 0.1) is 6.10 Å². The Morgan fingerprint density at radius 1 is 1.50 bits per heavy atom. The molecule has 1 aromatic heterocycles. The van der Waals surface area contributed by atoms with Crippen LogP contribution in [0.1, 0.15) is 18.4 Å². The van der Waals surface area contributed by atoms with Crippen LogP contribution in [0.15, 0.2) is 12.4 Å². The topological polar surface area (TPSA) is 38.2 Å². The molecule has 0 saturated carbocycles. The van der Waals surface area contributed by atoms with Gasteiger partial charge in [0, 0.05) is 37.9 Å². The van der Waals surface area contributed by atoms with E-state index < -0.39 is 0 Å². The molecule has 1 aromatic rings. The SMILES string of the molecule is CN(CC1CCCO1)c1ncc(CBr)cn1. The van der Waals surface area contributed by atoms with Crippen molar-refractivity contribution in [1.29, 1.82) is 0 Å². The molecule has 0 aromatic carbocycles. The van der Waals surface area contributed by atoms with Gasteiger partial charge < -0.3 is 9.64 Å². The second kappa shape index (κ2) is 5.59. The maximum atomic E-state index is 5.59. The van der Waals surface area contributed by atoms with E-state index in [0.717, 1.165) is 36.4 Å². The molecule has 0 spiro atoms. The molecule has 1 atom stereocenters. The Morgan fingerprint density at radius 3 is 2.81 bits per heavy atom. The fourth-order valence-corrected chi connectivity index (χ4v) is 2.08. The van der Waals surface area contributed by atoms with E-state index in [1.165, 1.54) is 6.42 Å². The molecule has 16 heavy (non-hydrogen) atoms. The lowest BCUT2D eigenvalue weighted by molar-refractivity contribution is 0.116. The number of anilines is 1. The van der Waals surface area contributed by atoms with Crippen molar-refractivity contribution in [3.63, 3.8) is 0 Å². The molecule has 1 unspecified atom stereocenters. The smallest absolute Gasteiger partial charge is 0.225 e. The van der Waals surface area contributed by atoms with Crippen LogP contribution in [0, 0.1) is 0 Å². The minimum atomic E-state index is 0.337. The van der Waals surface area contributed by atoms with E-state index in [1.54, 1.807) is 0 Å². The fourth-order valence-electron chi connectivity index (χ4n) is 1.79. The van der Waals surface area contributed by atoms with Crippen molar-refractivity contribution in [2.75, 3.05) is 25.1 Å². The van der Waals surface area contributed by atoms with Crippen molar-refractivity contribution in [3.8, 4) is 0 Å². The van der Waals surface area contributed by atoms with Crippen LogP contribution in [0.5, 0.6) is 0 Å². The summed E-state index contributed by atoms with van der Waals surface area (Å²) in [5.74, 6) is 0.764. The van der Waals surface area contributed by atoms with Gasteiger partial charge in [0.25, 0.3) is 0 Å². The Balaban J connectivity index is 1.94. The van der Waals surface area contributed by atoms with Crippen molar-refractivity contribution >= 4 is 21.9 Å². The van der Waals surface area contributed by atoms with Crippen molar-refractivity contribution in [2.45, 2.75) is 24.3 Å². The Hall–Kier alpha value is -0.680. The summed E-state index contributed by atoms with van der Waals surface area (Å²) in [5.41, 5.74) is 1.09. The van der Waals surface area contributed by atoms with E-state index >= 15 is 0 Å². The van der Waals surface area contributed by atoms with E-state index in [0.29, 0.717) is 6.10 Å². The summed E-state index contributed by atoms with van der Waals surface area (Å²) in [6.07, 6.45) is 6.35. The van der Waals surface area contributed by atoms with Crippen LogP contribution >= 0.6 is 15.9 Å². The number of rotatable bonds is 4. The van der Waals surface area contributed by atoms with Crippen LogP contribution in [0.25, 0.3) is 0 Å². The molecule has 0 amide bonds. The summed E-state index contributed by atoms with van der Waals surface area (Å²) >= 11 is 3.38.